The first kappa shape index (κ1) is 25.2. The third-order valence-electron chi connectivity index (χ3n) is 6.50. The van der Waals surface area contributed by atoms with Gasteiger partial charge in [-0.25, -0.2) is 0 Å². The summed E-state index contributed by atoms with van der Waals surface area (Å²) in [5, 5.41) is 6.07. The molecule has 2 atom stereocenters. The van der Waals surface area contributed by atoms with Crippen LogP contribution < -0.4 is 4.74 Å². The summed E-state index contributed by atoms with van der Waals surface area (Å²) in [6.45, 7) is 15.2. The van der Waals surface area contributed by atoms with Crippen molar-refractivity contribution in [3.8, 4) is 5.75 Å². The second kappa shape index (κ2) is 8.98. The average molecular weight is 494 g/mol. The molecule has 3 aromatic rings. The predicted octanol–water partition coefficient (Wildman–Crippen LogP) is 7.30. The highest BCUT2D eigenvalue weighted by Gasteiger charge is 2.32. The van der Waals surface area contributed by atoms with Crippen LogP contribution in [0.25, 0.3) is 10.8 Å². The molecule has 6 heteroatoms. The number of rotatable bonds is 5. The summed E-state index contributed by atoms with van der Waals surface area (Å²) in [6.07, 6.45) is 0.580. The van der Waals surface area contributed by atoms with E-state index in [2.05, 4.69) is 46.7 Å². The number of ether oxygens (including phenoxy) is 1. The molecule has 3 aromatic carbocycles. The van der Waals surface area contributed by atoms with Crippen molar-refractivity contribution in [2.75, 3.05) is 0 Å². The first-order chi connectivity index (χ1) is 16.3. The third kappa shape index (κ3) is 5.37. The Bertz CT molecular complexity index is 1360. The van der Waals surface area contributed by atoms with Crippen molar-refractivity contribution in [2.24, 2.45) is 16.0 Å². The highest BCUT2D eigenvalue weighted by atomic mass is 32.2. The fraction of sp³-hybridized carbons (Fsp3) is 0.414. The Kier molecular flexibility index (Phi) is 6.47. The van der Waals surface area contributed by atoms with E-state index >= 15 is 0 Å². The van der Waals surface area contributed by atoms with Crippen LogP contribution in [0.4, 0.5) is 0 Å². The van der Waals surface area contributed by atoms with E-state index < -0.39 is 16.2 Å². The quantitative estimate of drug-likeness (QED) is 0.350. The van der Waals surface area contributed by atoms with E-state index in [1.165, 1.54) is 0 Å². The third-order valence-corrected chi connectivity index (χ3v) is 7.62. The molecule has 0 bridgehead atoms. The molecule has 5 nitrogen and oxygen atoms in total. The summed E-state index contributed by atoms with van der Waals surface area (Å²) < 4.78 is 37.1. The topological polar surface area (TPSA) is 65.0 Å². The lowest BCUT2D eigenvalue weighted by atomic mass is 9.69. The van der Waals surface area contributed by atoms with Crippen LogP contribution in [0.3, 0.4) is 0 Å². The minimum atomic E-state index is -4.08. The number of benzene rings is 3. The van der Waals surface area contributed by atoms with Gasteiger partial charge >= 0.3 is 10.1 Å². The molecule has 1 heterocycles. The van der Waals surface area contributed by atoms with Gasteiger partial charge in [-0.05, 0) is 64.6 Å². The van der Waals surface area contributed by atoms with E-state index in [0.29, 0.717) is 17.4 Å². The van der Waals surface area contributed by atoms with Crippen molar-refractivity contribution in [1.29, 1.82) is 0 Å². The van der Waals surface area contributed by atoms with E-state index in [1.54, 1.807) is 12.1 Å². The van der Waals surface area contributed by atoms with Crippen molar-refractivity contribution in [1.82, 2.24) is 0 Å². The standard InChI is InChI=1S/C29H35NO4S/c1-19-27(26-23-11-9-8-10-20(23)14-17-25(26)33-19)30-34-35(31,32)22-15-12-21(13-16-22)24(29(5,6)7)18-28(2,3)4/h8-17,19,24H,18H2,1-7H3/b30-27-. The van der Waals surface area contributed by atoms with Gasteiger partial charge in [0.2, 0.25) is 0 Å². The number of oxime groups is 1. The van der Waals surface area contributed by atoms with Gasteiger partial charge in [0.05, 0.1) is 5.56 Å². The molecule has 0 radical (unpaired) electrons. The molecular weight excluding hydrogens is 458 g/mol. The molecule has 0 saturated carbocycles. The first-order valence-electron chi connectivity index (χ1n) is 12.1. The first-order valence-corrected chi connectivity index (χ1v) is 13.5. The zero-order chi connectivity index (χ0) is 25.6. The molecule has 0 spiro atoms. The molecule has 0 aliphatic carbocycles. The number of hydrogen-bond acceptors (Lipinski definition) is 5. The monoisotopic (exact) mass is 493 g/mol. The number of hydrogen-bond donors (Lipinski definition) is 0. The fourth-order valence-corrected chi connectivity index (χ4v) is 5.45. The van der Waals surface area contributed by atoms with Gasteiger partial charge in [-0.3, -0.25) is 4.28 Å². The second-order valence-electron chi connectivity index (χ2n) is 11.7. The normalized spacial score (nSPS) is 18.4. The molecule has 0 aromatic heterocycles. The lowest BCUT2D eigenvalue weighted by molar-refractivity contribution is 0.229. The summed E-state index contributed by atoms with van der Waals surface area (Å²) in [6, 6.07) is 18.8. The summed E-state index contributed by atoms with van der Waals surface area (Å²) in [5.74, 6) is 0.967. The van der Waals surface area contributed by atoms with Crippen LogP contribution in [0.15, 0.2) is 70.7 Å². The van der Waals surface area contributed by atoms with Gasteiger partial charge in [-0.2, -0.15) is 8.42 Å². The Labute approximate surface area is 209 Å². The highest BCUT2D eigenvalue weighted by Crippen LogP contribution is 2.43. The Morgan fingerprint density at radius 3 is 2.23 bits per heavy atom. The van der Waals surface area contributed by atoms with Crippen molar-refractivity contribution in [3.63, 3.8) is 0 Å². The van der Waals surface area contributed by atoms with Crippen LogP contribution in [0.2, 0.25) is 0 Å². The van der Waals surface area contributed by atoms with Crippen molar-refractivity contribution >= 4 is 26.6 Å². The highest BCUT2D eigenvalue weighted by molar-refractivity contribution is 7.86. The van der Waals surface area contributed by atoms with Gasteiger partial charge in [-0.1, -0.05) is 89.2 Å². The van der Waals surface area contributed by atoms with Crippen molar-refractivity contribution in [2.45, 2.75) is 71.8 Å². The molecule has 0 N–H and O–H groups in total. The SMILES string of the molecule is CC1Oc2ccc3ccccc3c2/C1=N\OS(=O)(=O)c1ccc(C(CC(C)(C)C)C(C)(C)C)cc1. The molecule has 1 aliphatic heterocycles. The lowest BCUT2D eigenvalue weighted by Gasteiger charge is -2.36. The largest absolute Gasteiger partial charge is 0.484 e. The minimum absolute atomic E-state index is 0.0465. The Morgan fingerprint density at radius 2 is 1.60 bits per heavy atom. The maximum Gasteiger partial charge on any atom is 0.358 e. The summed E-state index contributed by atoms with van der Waals surface area (Å²) in [4.78, 5) is 0.0822. The van der Waals surface area contributed by atoms with Crippen LogP contribution in [0.5, 0.6) is 5.75 Å². The van der Waals surface area contributed by atoms with Gasteiger partial charge in [0.25, 0.3) is 0 Å². The van der Waals surface area contributed by atoms with Crippen LogP contribution >= 0.6 is 0 Å². The maximum absolute atomic E-state index is 13.0. The molecule has 4 rings (SSSR count). The van der Waals surface area contributed by atoms with Crippen LogP contribution in [0, 0.1) is 10.8 Å². The van der Waals surface area contributed by atoms with Crippen LogP contribution in [0.1, 0.15) is 71.9 Å². The zero-order valence-electron chi connectivity index (χ0n) is 21.6. The summed E-state index contributed by atoms with van der Waals surface area (Å²) >= 11 is 0. The van der Waals surface area contributed by atoms with Crippen molar-refractivity contribution < 1.29 is 17.4 Å². The van der Waals surface area contributed by atoms with E-state index in [-0.39, 0.29) is 15.7 Å². The van der Waals surface area contributed by atoms with Gasteiger partial charge in [0, 0.05) is 0 Å². The molecule has 35 heavy (non-hydrogen) atoms. The van der Waals surface area contributed by atoms with E-state index in [9.17, 15) is 8.42 Å². The Hall–Kier alpha value is -2.86. The number of nitrogens with zero attached hydrogens (tertiary/aromatic N) is 1. The predicted molar refractivity (Wildman–Crippen MR) is 142 cm³/mol. The molecule has 0 amide bonds. The molecule has 0 saturated heterocycles. The fourth-order valence-electron chi connectivity index (χ4n) is 4.72. The summed E-state index contributed by atoms with van der Waals surface area (Å²) in [7, 11) is -4.08. The smallest absolute Gasteiger partial charge is 0.358 e. The molecule has 2 unspecified atom stereocenters. The van der Waals surface area contributed by atoms with Crippen LogP contribution in [-0.4, -0.2) is 20.2 Å². The summed E-state index contributed by atoms with van der Waals surface area (Å²) in [5.41, 5.74) is 2.56. The van der Waals surface area contributed by atoms with E-state index in [4.69, 9.17) is 9.02 Å². The Morgan fingerprint density at radius 1 is 0.943 bits per heavy atom. The Balaban J connectivity index is 1.62. The van der Waals surface area contributed by atoms with Gasteiger partial charge in [0.15, 0.2) is 0 Å². The van der Waals surface area contributed by atoms with Gasteiger partial charge in [0.1, 0.15) is 22.5 Å². The van der Waals surface area contributed by atoms with Crippen LogP contribution in [-0.2, 0) is 14.4 Å². The van der Waals surface area contributed by atoms with Gasteiger partial charge < -0.3 is 4.74 Å². The molecular formula is C29H35NO4S. The molecule has 0 fully saturated rings. The molecule has 186 valence electrons. The second-order valence-corrected chi connectivity index (χ2v) is 13.2. The average Bonchev–Trinajstić information content (AvgIpc) is 3.10. The zero-order valence-corrected chi connectivity index (χ0v) is 22.4. The van der Waals surface area contributed by atoms with Gasteiger partial charge in [-0.15, -0.1) is 0 Å². The van der Waals surface area contributed by atoms with Crippen molar-refractivity contribution in [3.05, 3.63) is 71.8 Å². The lowest BCUT2D eigenvalue weighted by Crippen LogP contribution is -2.23. The number of fused-ring (bicyclic) bond motifs is 3. The minimum Gasteiger partial charge on any atom is -0.484 e. The van der Waals surface area contributed by atoms with E-state index in [0.717, 1.165) is 28.3 Å². The molecule has 1 aliphatic rings. The van der Waals surface area contributed by atoms with E-state index in [1.807, 2.05) is 55.5 Å². The maximum atomic E-state index is 13.0.